The monoisotopic (exact) mass is 219 g/mol. The Morgan fingerprint density at radius 1 is 1.44 bits per heavy atom. The first kappa shape index (κ1) is 11.4. The molecule has 0 bridgehead atoms. The van der Waals surface area contributed by atoms with Crippen LogP contribution in [-0.2, 0) is 6.42 Å². The van der Waals surface area contributed by atoms with Crippen LogP contribution in [0.1, 0.15) is 56.4 Å². The molecule has 2 heteroatoms. The van der Waals surface area contributed by atoms with Crippen LogP contribution in [0.25, 0.3) is 0 Å². The highest BCUT2D eigenvalue weighted by Crippen LogP contribution is 2.32. The topological polar surface area (TPSA) is 22.1 Å². The van der Waals surface area contributed by atoms with Crippen LogP contribution in [0.5, 0.6) is 5.88 Å². The number of ether oxygens (including phenoxy) is 1. The summed E-state index contributed by atoms with van der Waals surface area (Å²) in [5.41, 5.74) is 3.71. The van der Waals surface area contributed by atoms with Crippen molar-refractivity contribution in [2.45, 2.75) is 59.0 Å². The van der Waals surface area contributed by atoms with Gasteiger partial charge in [0.1, 0.15) is 6.10 Å². The fourth-order valence-electron chi connectivity index (χ4n) is 1.85. The molecule has 88 valence electrons. The molecule has 0 radical (unpaired) electrons. The van der Waals surface area contributed by atoms with E-state index in [0.717, 1.165) is 18.0 Å². The summed E-state index contributed by atoms with van der Waals surface area (Å²) in [4.78, 5) is 4.62. The highest BCUT2D eigenvalue weighted by molar-refractivity contribution is 5.36. The Hall–Kier alpha value is -1.05. The molecule has 0 spiro atoms. The van der Waals surface area contributed by atoms with Gasteiger partial charge in [0.05, 0.1) is 0 Å². The van der Waals surface area contributed by atoms with Crippen molar-refractivity contribution in [3.63, 3.8) is 0 Å². The summed E-state index contributed by atoms with van der Waals surface area (Å²) in [6, 6.07) is 2.27. The van der Waals surface area contributed by atoms with Gasteiger partial charge in [-0.15, -0.1) is 0 Å². The van der Waals surface area contributed by atoms with Crippen LogP contribution in [-0.4, -0.2) is 11.1 Å². The normalized spacial score (nSPS) is 15.6. The SMILES string of the molecule is CCc1cc(C(C)C)c(OC2CC2)nc1C. The van der Waals surface area contributed by atoms with Gasteiger partial charge in [0.2, 0.25) is 5.88 Å². The first-order valence-electron chi connectivity index (χ1n) is 6.28. The summed E-state index contributed by atoms with van der Waals surface area (Å²) in [6.07, 6.45) is 3.85. The van der Waals surface area contributed by atoms with Crippen molar-refractivity contribution in [1.29, 1.82) is 0 Å². The Labute approximate surface area is 98.0 Å². The highest BCUT2D eigenvalue weighted by Gasteiger charge is 2.26. The van der Waals surface area contributed by atoms with Crippen LogP contribution in [0.4, 0.5) is 0 Å². The molecule has 0 aliphatic heterocycles. The second-order valence-corrected chi connectivity index (χ2v) is 4.95. The van der Waals surface area contributed by atoms with E-state index in [9.17, 15) is 0 Å². The molecule has 0 N–H and O–H groups in total. The molecule has 1 fully saturated rings. The highest BCUT2D eigenvalue weighted by atomic mass is 16.5. The van der Waals surface area contributed by atoms with Crippen LogP contribution in [0.2, 0.25) is 0 Å². The fraction of sp³-hybridized carbons (Fsp3) is 0.643. The Balaban J connectivity index is 2.35. The van der Waals surface area contributed by atoms with Crippen molar-refractivity contribution in [2.75, 3.05) is 0 Å². The Kier molecular flexibility index (Phi) is 3.17. The van der Waals surface area contributed by atoms with Gasteiger partial charge >= 0.3 is 0 Å². The molecule has 0 unspecified atom stereocenters. The number of aryl methyl sites for hydroxylation is 2. The van der Waals surface area contributed by atoms with Crippen molar-refractivity contribution in [2.24, 2.45) is 0 Å². The molecule has 0 atom stereocenters. The van der Waals surface area contributed by atoms with Crippen molar-refractivity contribution in [3.05, 3.63) is 22.9 Å². The van der Waals surface area contributed by atoms with Gasteiger partial charge in [-0.25, -0.2) is 4.98 Å². The maximum atomic E-state index is 5.89. The van der Waals surface area contributed by atoms with E-state index in [1.807, 2.05) is 0 Å². The molecular weight excluding hydrogens is 198 g/mol. The van der Waals surface area contributed by atoms with Crippen molar-refractivity contribution in [3.8, 4) is 5.88 Å². The maximum Gasteiger partial charge on any atom is 0.217 e. The van der Waals surface area contributed by atoms with Crippen molar-refractivity contribution in [1.82, 2.24) is 4.98 Å². The largest absolute Gasteiger partial charge is 0.474 e. The molecule has 1 aliphatic rings. The lowest BCUT2D eigenvalue weighted by Crippen LogP contribution is -2.06. The number of nitrogens with zero attached hydrogens (tertiary/aromatic N) is 1. The standard InChI is InChI=1S/C14H21NO/c1-5-11-8-13(9(2)3)14(15-10(11)4)16-12-6-7-12/h8-9,12H,5-7H2,1-4H3. The van der Waals surface area contributed by atoms with Gasteiger partial charge in [0.15, 0.2) is 0 Å². The second-order valence-electron chi connectivity index (χ2n) is 4.95. The summed E-state index contributed by atoms with van der Waals surface area (Å²) in [6.45, 7) is 8.65. The van der Waals surface area contributed by atoms with Crippen LogP contribution in [0, 0.1) is 6.92 Å². The predicted octanol–water partition coefficient (Wildman–Crippen LogP) is 3.62. The molecule has 2 nitrogen and oxygen atoms in total. The third-order valence-electron chi connectivity index (χ3n) is 3.12. The number of rotatable bonds is 4. The number of pyridine rings is 1. The minimum absolute atomic E-state index is 0.428. The zero-order valence-corrected chi connectivity index (χ0v) is 10.7. The van der Waals surface area contributed by atoms with Crippen LogP contribution in [0.15, 0.2) is 6.07 Å². The van der Waals surface area contributed by atoms with Gasteiger partial charge in [0, 0.05) is 11.3 Å². The molecule has 2 rings (SSSR count). The third-order valence-corrected chi connectivity index (χ3v) is 3.12. The number of aromatic nitrogens is 1. The van der Waals surface area contributed by atoms with E-state index in [1.54, 1.807) is 0 Å². The minimum Gasteiger partial charge on any atom is -0.474 e. The molecule has 16 heavy (non-hydrogen) atoms. The van der Waals surface area contributed by atoms with Crippen LogP contribution in [0.3, 0.4) is 0 Å². The fourth-order valence-corrected chi connectivity index (χ4v) is 1.85. The molecule has 1 aromatic rings. The maximum absolute atomic E-state index is 5.89. The van der Waals surface area contributed by atoms with E-state index in [0.29, 0.717) is 12.0 Å². The second kappa shape index (κ2) is 4.44. The molecule has 1 saturated carbocycles. The van der Waals surface area contributed by atoms with E-state index in [2.05, 4.69) is 38.7 Å². The van der Waals surface area contributed by atoms with E-state index >= 15 is 0 Å². The van der Waals surface area contributed by atoms with E-state index < -0.39 is 0 Å². The summed E-state index contributed by atoms with van der Waals surface area (Å²) >= 11 is 0. The molecular formula is C14H21NO. The van der Waals surface area contributed by atoms with Gasteiger partial charge in [-0.1, -0.05) is 20.8 Å². The number of hydrogen-bond donors (Lipinski definition) is 0. The lowest BCUT2D eigenvalue weighted by Gasteiger charge is -2.15. The molecule has 1 aliphatic carbocycles. The van der Waals surface area contributed by atoms with E-state index in [1.165, 1.54) is 24.0 Å². The van der Waals surface area contributed by atoms with Gasteiger partial charge in [-0.05, 0) is 43.7 Å². The lowest BCUT2D eigenvalue weighted by molar-refractivity contribution is 0.285. The van der Waals surface area contributed by atoms with Crippen molar-refractivity contribution < 1.29 is 4.74 Å². The summed E-state index contributed by atoms with van der Waals surface area (Å²) in [5, 5.41) is 0. The summed E-state index contributed by atoms with van der Waals surface area (Å²) in [7, 11) is 0. The smallest absolute Gasteiger partial charge is 0.217 e. The zero-order valence-electron chi connectivity index (χ0n) is 10.7. The molecule has 1 aromatic heterocycles. The average Bonchev–Trinajstić information content (AvgIpc) is 3.01. The Morgan fingerprint density at radius 3 is 2.62 bits per heavy atom. The van der Waals surface area contributed by atoms with Gasteiger partial charge in [0.25, 0.3) is 0 Å². The van der Waals surface area contributed by atoms with E-state index in [-0.39, 0.29) is 0 Å². The van der Waals surface area contributed by atoms with Crippen LogP contribution >= 0.6 is 0 Å². The molecule has 0 amide bonds. The van der Waals surface area contributed by atoms with Gasteiger partial charge in [-0.2, -0.15) is 0 Å². The first-order chi connectivity index (χ1) is 7.61. The molecule has 1 heterocycles. The average molecular weight is 219 g/mol. The first-order valence-corrected chi connectivity index (χ1v) is 6.28. The molecule has 0 aromatic carbocycles. The third kappa shape index (κ3) is 2.37. The summed E-state index contributed by atoms with van der Waals surface area (Å²) < 4.78 is 5.89. The quantitative estimate of drug-likeness (QED) is 0.771. The minimum atomic E-state index is 0.428. The Bertz CT molecular complexity index is 381. The zero-order chi connectivity index (χ0) is 11.7. The van der Waals surface area contributed by atoms with Gasteiger partial charge < -0.3 is 4.74 Å². The van der Waals surface area contributed by atoms with Gasteiger partial charge in [-0.3, -0.25) is 0 Å². The van der Waals surface area contributed by atoms with Crippen molar-refractivity contribution >= 4 is 0 Å². The van der Waals surface area contributed by atoms with Crippen LogP contribution < -0.4 is 4.74 Å². The summed E-state index contributed by atoms with van der Waals surface area (Å²) in [5.74, 6) is 1.35. The number of hydrogen-bond acceptors (Lipinski definition) is 2. The molecule has 0 saturated heterocycles. The lowest BCUT2D eigenvalue weighted by atomic mass is 10.0. The Morgan fingerprint density at radius 2 is 2.12 bits per heavy atom. The predicted molar refractivity (Wildman–Crippen MR) is 66.1 cm³/mol. The van der Waals surface area contributed by atoms with E-state index in [4.69, 9.17) is 4.74 Å².